The van der Waals surface area contributed by atoms with Crippen molar-refractivity contribution in [3.05, 3.63) is 59.2 Å². The van der Waals surface area contributed by atoms with Crippen molar-refractivity contribution in [1.82, 2.24) is 0 Å². The number of carbonyl (C=O) groups is 1. The van der Waals surface area contributed by atoms with Gasteiger partial charge in [0.05, 0.1) is 20.1 Å². The van der Waals surface area contributed by atoms with E-state index in [0.717, 1.165) is 23.1 Å². The SMILES string of the molecule is COc1cc2c(cc1OC)C(=O)[C@@H](c1ccccc1)C2. The largest absolute Gasteiger partial charge is 0.493 e. The van der Waals surface area contributed by atoms with Gasteiger partial charge in [-0.3, -0.25) is 4.79 Å². The smallest absolute Gasteiger partial charge is 0.171 e. The van der Waals surface area contributed by atoms with Crippen LogP contribution in [0.3, 0.4) is 0 Å². The highest BCUT2D eigenvalue weighted by Crippen LogP contribution is 2.39. The molecule has 3 rings (SSSR count). The highest BCUT2D eigenvalue weighted by molar-refractivity contribution is 6.05. The number of rotatable bonds is 3. The Balaban J connectivity index is 2.02. The summed E-state index contributed by atoms with van der Waals surface area (Å²) in [5.74, 6) is 1.34. The molecule has 3 nitrogen and oxygen atoms in total. The van der Waals surface area contributed by atoms with Crippen molar-refractivity contribution in [2.45, 2.75) is 12.3 Å². The monoisotopic (exact) mass is 268 g/mol. The van der Waals surface area contributed by atoms with Crippen LogP contribution in [-0.2, 0) is 6.42 Å². The third-order valence-electron chi connectivity index (χ3n) is 3.82. The number of Topliss-reactive ketones (excluding diaryl/α,β-unsaturated/α-hetero) is 1. The van der Waals surface area contributed by atoms with Crippen LogP contribution < -0.4 is 9.47 Å². The summed E-state index contributed by atoms with van der Waals surface area (Å²) in [6.07, 6.45) is 0.721. The Morgan fingerprint density at radius 2 is 1.65 bits per heavy atom. The minimum Gasteiger partial charge on any atom is -0.493 e. The number of benzene rings is 2. The summed E-state index contributed by atoms with van der Waals surface area (Å²) in [7, 11) is 3.19. The van der Waals surface area contributed by atoms with E-state index in [1.807, 2.05) is 36.4 Å². The normalized spacial score (nSPS) is 16.9. The molecule has 0 bridgehead atoms. The van der Waals surface area contributed by atoms with E-state index in [0.29, 0.717) is 11.5 Å². The summed E-state index contributed by atoms with van der Waals surface area (Å²) >= 11 is 0. The fourth-order valence-electron chi connectivity index (χ4n) is 2.77. The predicted molar refractivity (Wildman–Crippen MR) is 76.8 cm³/mol. The molecule has 20 heavy (non-hydrogen) atoms. The molecule has 0 radical (unpaired) electrons. The molecule has 0 N–H and O–H groups in total. The molecule has 0 saturated carbocycles. The van der Waals surface area contributed by atoms with Crippen molar-refractivity contribution in [3.63, 3.8) is 0 Å². The standard InChI is InChI=1S/C17H16O3/c1-19-15-9-12-8-13(11-6-4-3-5-7-11)17(18)14(12)10-16(15)20-2/h3-7,9-10,13H,8H2,1-2H3/t13-/m1/s1. The molecule has 1 atom stereocenters. The highest BCUT2D eigenvalue weighted by atomic mass is 16.5. The Bertz CT molecular complexity index is 647. The van der Waals surface area contributed by atoms with Crippen LogP contribution in [0, 0.1) is 0 Å². The van der Waals surface area contributed by atoms with E-state index in [4.69, 9.17) is 9.47 Å². The van der Waals surface area contributed by atoms with Gasteiger partial charge in [-0.25, -0.2) is 0 Å². The minimum absolute atomic E-state index is 0.0944. The number of methoxy groups -OCH3 is 2. The molecule has 0 heterocycles. The van der Waals surface area contributed by atoms with Crippen LogP contribution in [0.5, 0.6) is 11.5 Å². The first-order valence-corrected chi connectivity index (χ1v) is 6.58. The zero-order valence-electron chi connectivity index (χ0n) is 11.6. The number of hydrogen-bond acceptors (Lipinski definition) is 3. The van der Waals surface area contributed by atoms with E-state index in [9.17, 15) is 4.79 Å². The van der Waals surface area contributed by atoms with E-state index in [1.165, 1.54) is 0 Å². The first-order chi connectivity index (χ1) is 9.74. The van der Waals surface area contributed by atoms with Crippen molar-refractivity contribution >= 4 is 5.78 Å². The van der Waals surface area contributed by atoms with Gasteiger partial charge >= 0.3 is 0 Å². The van der Waals surface area contributed by atoms with Crippen LogP contribution in [0.15, 0.2) is 42.5 Å². The Morgan fingerprint density at radius 3 is 2.30 bits per heavy atom. The third-order valence-corrected chi connectivity index (χ3v) is 3.82. The maximum Gasteiger partial charge on any atom is 0.171 e. The molecular formula is C17H16O3. The molecule has 3 heteroatoms. The van der Waals surface area contributed by atoms with Gasteiger partial charge in [0.1, 0.15) is 0 Å². The Kier molecular flexibility index (Phi) is 3.18. The van der Waals surface area contributed by atoms with Crippen molar-refractivity contribution < 1.29 is 14.3 Å². The quantitative estimate of drug-likeness (QED) is 0.857. The van der Waals surface area contributed by atoms with Gasteiger partial charge in [0.2, 0.25) is 0 Å². The molecule has 0 unspecified atom stereocenters. The Labute approximate surface area is 118 Å². The molecule has 2 aromatic carbocycles. The number of ketones is 1. The van der Waals surface area contributed by atoms with Gasteiger partial charge < -0.3 is 9.47 Å². The molecule has 0 saturated heterocycles. The van der Waals surface area contributed by atoms with Crippen LogP contribution >= 0.6 is 0 Å². The fourth-order valence-corrected chi connectivity index (χ4v) is 2.77. The van der Waals surface area contributed by atoms with Crippen molar-refractivity contribution in [1.29, 1.82) is 0 Å². The van der Waals surface area contributed by atoms with Gasteiger partial charge in [-0.2, -0.15) is 0 Å². The van der Waals surface area contributed by atoms with E-state index in [-0.39, 0.29) is 11.7 Å². The van der Waals surface area contributed by atoms with E-state index < -0.39 is 0 Å². The third kappa shape index (κ3) is 1.95. The lowest BCUT2D eigenvalue weighted by Gasteiger charge is -2.09. The Hall–Kier alpha value is -2.29. The first kappa shape index (κ1) is 12.7. The summed E-state index contributed by atoms with van der Waals surface area (Å²) in [5, 5.41) is 0. The fraction of sp³-hybridized carbons (Fsp3) is 0.235. The molecule has 0 aromatic heterocycles. The van der Waals surface area contributed by atoms with E-state index in [2.05, 4.69) is 0 Å². The average Bonchev–Trinajstić information content (AvgIpc) is 2.83. The van der Waals surface area contributed by atoms with Crippen molar-refractivity contribution in [3.8, 4) is 11.5 Å². The zero-order chi connectivity index (χ0) is 14.1. The molecule has 0 spiro atoms. The maximum absolute atomic E-state index is 12.6. The van der Waals surface area contributed by atoms with Gasteiger partial charge in [0.15, 0.2) is 17.3 Å². The second-order valence-electron chi connectivity index (χ2n) is 4.90. The van der Waals surface area contributed by atoms with E-state index in [1.54, 1.807) is 20.3 Å². The minimum atomic E-state index is -0.0944. The lowest BCUT2D eigenvalue weighted by Crippen LogP contribution is -2.06. The Morgan fingerprint density at radius 1 is 1.00 bits per heavy atom. The van der Waals surface area contributed by atoms with Crippen LogP contribution in [0.25, 0.3) is 0 Å². The molecule has 2 aromatic rings. The molecule has 102 valence electrons. The van der Waals surface area contributed by atoms with Gasteiger partial charge in [0.25, 0.3) is 0 Å². The number of carbonyl (C=O) groups excluding carboxylic acids is 1. The zero-order valence-corrected chi connectivity index (χ0v) is 11.6. The second kappa shape index (κ2) is 5.00. The van der Waals surface area contributed by atoms with Crippen LogP contribution in [-0.4, -0.2) is 20.0 Å². The summed E-state index contributed by atoms with van der Waals surface area (Å²) in [6, 6.07) is 13.6. The molecule has 0 amide bonds. The lowest BCUT2D eigenvalue weighted by molar-refractivity contribution is 0.0972. The summed E-state index contributed by atoms with van der Waals surface area (Å²) in [6.45, 7) is 0. The van der Waals surface area contributed by atoms with Gasteiger partial charge in [-0.05, 0) is 29.7 Å². The molecule has 0 aliphatic heterocycles. The maximum atomic E-state index is 12.6. The molecule has 1 aliphatic carbocycles. The van der Waals surface area contributed by atoms with Gasteiger partial charge in [-0.15, -0.1) is 0 Å². The molecule has 1 aliphatic rings. The summed E-state index contributed by atoms with van der Waals surface area (Å²) in [4.78, 5) is 12.6. The summed E-state index contributed by atoms with van der Waals surface area (Å²) < 4.78 is 10.6. The molecule has 0 fully saturated rings. The number of hydrogen-bond donors (Lipinski definition) is 0. The van der Waals surface area contributed by atoms with Crippen molar-refractivity contribution in [2.75, 3.05) is 14.2 Å². The van der Waals surface area contributed by atoms with Crippen LogP contribution in [0.2, 0.25) is 0 Å². The summed E-state index contributed by atoms with van der Waals surface area (Å²) in [5.41, 5.74) is 2.84. The topological polar surface area (TPSA) is 35.5 Å². The second-order valence-corrected chi connectivity index (χ2v) is 4.90. The predicted octanol–water partition coefficient (Wildman–Crippen LogP) is 3.23. The first-order valence-electron chi connectivity index (χ1n) is 6.58. The van der Waals surface area contributed by atoms with Gasteiger partial charge in [0, 0.05) is 5.56 Å². The van der Waals surface area contributed by atoms with Crippen molar-refractivity contribution in [2.24, 2.45) is 0 Å². The van der Waals surface area contributed by atoms with E-state index >= 15 is 0 Å². The molecular weight excluding hydrogens is 252 g/mol. The van der Waals surface area contributed by atoms with Crippen LogP contribution in [0.4, 0.5) is 0 Å². The van der Waals surface area contributed by atoms with Gasteiger partial charge in [-0.1, -0.05) is 30.3 Å². The highest BCUT2D eigenvalue weighted by Gasteiger charge is 2.32. The lowest BCUT2D eigenvalue weighted by atomic mass is 9.95. The van der Waals surface area contributed by atoms with Crippen LogP contribution in [0.1, 0.15) is 27.4 Å². The number of fused-ring (bicyclic) bond motifs is 1. The average molecular weight is 268 g/mol. The number of ether oxygens (including phenoxy) is 2.